The minimum absolute atomic E-state index is 0.0469. The zero-order valence-corrected chi connectivity index (χ0v) is 16.4. The van der Waals surface area contributed by atoms with Gasteiger partial charge in [0.25, 0.3) is 5.91 Å². The summed E-state index contributed by atoms with van der Waals surface area (Å²) >= 11 is 0. The molecule has 1 N–H and O–H groups in total. The third kappa shape index (κ3) is 4.39. The molecule has 0 fully saturated rings. The van der Waals surface area contributed by atoms with E-state index in [1.807, 2.05) is 41.5 Å². The first-order valence-corrected chi connectivity index (χ1v) is 9.09. The van der Waals surface area contributed by atoms with E-state index in [1.54, 1.807) is 16.9 Å². The van der Waals surface area contributed by atoms with Gasteiger partial charge in [0.2, 0.25) is 0 Å². The zero-order chi connectivity index (χ0) is 19.4. The van der Waals surface area contributed by atoms with E-state index in [0.717, 1.165) is 12.1 Å². The van der Waals surface area contributed by atoms with Gasteiger partial charge in [-0.2, -0.15) is 5.10 Å². The van der Waals surface area contributed by atoms with Crippen molar-refractivity contribution < 1.29 is 14.3 Å². The highest BCUT2D eigenvalue weighted by Crippen LogP contribution is 2.24. The highest BCUT2D eigenvalue weighted by atomic mass is 16.5. The van der Waals surface area contributed by atoms with E-state index in [1.165, 1.54) is 0 Å². The van der Waals surface area contributed by atoms with E-state index in [0.29, 0.717) is 16.6 Å². The van der Waals surface area contributed by atoms with Gasteiger partial charge in [-0.05, 0) is 39.2 Å². The van der Waals surface area contributed by atoms with Crippen molar-refractivity contribution in [2.45, 2.75) is 66.0 Å². The number of nitrogens with one attached hydrogen (secondary N) is 1. The normalized spacial score (nSPS) is 12.6. The molecule has 2 aromatic heterocycles. The van der Waals surface area contributed by atoms with Crippen molar-refractivity contribution in [3.05, 3.63) is 23.5 Å². The van der Waals surface area contributed by atoms with Crippen molar-refractivity contribution in [2.24, 2.45) is 0 Å². The summed E-state index contributed by atoms with van der Waals surface area (Å²) in [5.41, 5.74) is 1.83. The van der Waals surface area contributed by atoms with Gasteiger partial charge in [-0.3, -0.25) is 4.79 Å². The Bertz CT molecular complexity index is 795. The molecule has 2 heterocycles. The lowest BCUT2D eigenvalue weighted by Gasteiger charge is -2.13. The Morgan fingerprint density at radius 2 is 1.92 bits per heavy atom. The van der Waals surface area contributed by atoms with Crippen LogP contribution in [0.1, 0.15) is 76.0 Å². The average Bonchev–Trinajstić information content (AvgIpc) is 3.02. The number of pyridine rings is 1. The number of carbonyl (C=O) groups is 2. The molecule has 0 aliphatic rings. The molecule has 2 aromatic rings. The van der Waals surface area contributed by atoms with Gasteiger partial charge in [0.1, 0.15) is 0 Å². The maximum absolute atomic E-state index is 12.6. The summed E-state index contributed by atoms with van der Waals surface area (Å²) in [6.07, 6.45) is 2.44. The number of ether oxygens (including phenoxy) is 1. The monoisotopic (exact) mass is 360 g/mol. The number of carbonyl (C=O) groups excluding carboxylic acids is 2. The van der Waals surface area contributed by atoms with Crippen LogP contribution in [-0.4, -0.2) is 39.3 Å². The Hall–Kier alpha value is -2.44. The SMILES string of the molecule is CC[C@@H](C)NC(=O)COC(=O)c1cc(C(C)C)nc2c1cnn2C(C)C. The Labute approximate surface area is 154 Å². The molecule has 7 nitrogen and oxygen atoms in total. The first-order valence-electron chi connectivity index (χ1n) is 9.09. The van der Waals surface area contributed by atoms with Crippen molar-refractivity contribution in [2.75, 3.05) is 6.61 Å². The van der Waals surface area contributed by atoms with Gasteiger partial charge in [-0.15, -0.1) is 0 Å². The van der Waals surface area contributed by atoms with Gasteiger partial charge in [0.05, 0.1) is 17.1 Å². The lowest BCUT2D eigenvalue weighted by Crippen LogP contribution is -2.35. The molecule has 2 rings (SSSR count). The molecule has 0 saturated carbocycles. The highest BCUT2D eigenvalue weighted by Gasteiger charge is 2.20. The number of hydrogen-bond donors (Lipinski definition) is 1. The van der Waals surface area contributed by atoms with Gasteiger partial charge < -0.3 is 10.1 Å². The number of rotatable bonds is 7. The first kappa shape index (κ1) is 19.9. The van der Waals surface area contributed by atoms with Gasteiger partial charge in [0.15, 0.2) is 12.3 Å². The summed E-state index contributed by atoms with van der Waals surface area (Å²) < 4.78 is 7.02. The second-order valence-electron chi connectivity index (χ2n) is 7.12. The molecular formula is C19H28N4O3. The maximum Gasteiger partial charge on any atom is 0.339 e. The average molecular weight is 360 g/mol. The fourth-order valence-electron chi connectivity index (χ4n) is 2.51. The maximum atomic E-state index is 12.6. The molecule has 0 radical (unpaired) electrons. The standard InChI is InChI=1S/C19H28N4O3/c1-7-13(6)21-17(24)10-26-19(25)14-8-16(11(2)3)22-18-15(14)9-20-23(18)12(4)5/h8-9,11-13H,7,10H2,1-6H3,(H,21,24)/t13-/m1/s1. The van der Waals surface area contributed by atoms with Crippen molar-refractivity contribution in [3.8, 4) is 0 Å². The van der Waals surface area contributed by atoms with E-state index < -0.39 is 5.97 Å². The Morgan fingerprint density at radius 3 is 2.50 bits per heavy atom. The van der Waals surface area contributed by atoms with E-state index in [2.05, 4.69) is 15.4 Å². The lowest BCUT2D eigenvalue weighted by atomic mass is 10.1. The van der Waals surface area contributed by atoms with Crippen LogP contribution in [-0.2, 0) is 9.53 Å². The quantitative estimate of drug-likeness (QED) is 0.766. The molecule has 0 unspecified atom stereocenters. The van der Waals surface area contributed by atoms with E-state index in [4.69, 9.17) is 4.74 Å². The van der Waals surface area contributed by atoms with Gasteiger partial charge >= 0.3 is 5.97 Å². The smallest absolute Gasteiger partial charge is 0.339 e. The molecular weight excluding hydrogens is 332 g/mol. The third-order valence-electron chi connectivity index (χ3n) is 4.24. The predicted octanol–water partition coefficient (Wildman–Crippen LogP) is 3.21. The fraction of sp³-hybridized carbons (Fsp3) is 0.579. The molecule has 26 heavy (non-hydrogen) atoms. The Morgan fingerprint density at radius 1 is 1.23 bits per heavy atom. The minimum Gasteiger partial charge on any atom is -0.452 e. The summed E-state index contributed by atoms with van der Waals surface area (Å²) in [6.45, 7) is 11.6. The number of esters is 1. The number of amides is 1. The minimum atomic E-state index is -0.540. The van der Waals surface area contributed by atoms with Crippen LogP contribution in [0, 0.1) is 0 Å². The molecule has 142 valence electrons. The highest BCUT2D eigenvalue weighted by molar-refractivity contribution is 6.03. The molecule has 0 aliphatic carbocycles. The van der Waals surface area contributed by atoms with Crippen LogP contribution < -0.4 is 5.32 Å². The van der Waals surface area contributed by atoms with E-state index in [-0.39, 0.29) is 30.5 Å². The molecule has 0 saturated heterocycles. The second kappa shape index (κ2) is 8.29. The lowest BCUT2D eigenvalue weighted by molar-refractivity contribution is -0.124. The number of aromatic nitrogens is 3. The van der Waals surface area contributed by atoms with Crippen LogP contribution in [0.3, 0.4) is 0 Å². The van der Waals surface area contributed by atoms with Gasteiger partial charge in [-0.1, -0.05) is 20.8 Å². The first-order chi connectivity index (χ1) is 12.2. The Balaban J connectivity index is 2.29. The summed E-state index contributed by atoms with van der Waals surface area (Å²) in [5, 5.41) is 7.76. The van der Waals surface area contributed by atoms with Crippen LogP contribution in [0.4, 0.5) is 0 Å². The Kier molecular flexibility index (Phi) is 6.34. The zero-order valence-electron chi connectivity index (χ0n) is 16.4. The molecule has 0 aliphatic heterocycles. The summed E-state index contributed by atoms with van der Waals surface area (Å²) in [5.74, 6) is -0.697. The number of hydrogen-bond acceptors (Lipinski definition) is 5. The van der Waals surface area contributed by atoms with Crippen molar-refractivity contribution >= 4 is 22.9 Å². The second-order valence-corrected chi connectivity index (χ2v) is 7.12. The third-order valence-corrected chi connectivity index (χ3v) is 4.24. The predicted molar refractivity (Wildman–Crippen MR) is 100 cm³/mol. The molecule has 0 spiro atoms. The molecule has 1 amide bonds. The largest absolute Gasteiger partial charge is 0.452 e. The van der Waals surface area contributed by atoms with Crippen molar-refractivity contribution in [3.63, 3.8) is 0 Å². The van der Waals surface area contributed by atoms with Crippen LogP contribution in [0.25, 0.3) is 11.0 Å². The molecule has 0 aromatic carbocycles. The van der Waals surface area contributed by atoms with Gasteiger partial charge in [-0.25, -0.2) is 14.5 Å². The summed E-state index contributed by atoms with van der Waals surface area (Å²) in [4.78, 5) is 29.1. The summed E-state index contributed by atoms with van der Waals surface area (Å²) in [7, 11) is 0. The van der Waals surface area contributed by atoms with Crippen LogP contribution in [0.2, 0.25) is 0 Å². The van der Waals surface area contributed by atoms with Crippen molar-refractivity contribution in [1.82, 2.24) is 20.1 Å². The van der Waals surface area contributed by atoms with Crippen LogP contribution >= 0.6 is 0 Å². The van der Waals surface area contributed by atoms with Crippen LogP contribution in [0.15, 0.2) is 12.3 Å². The van der Waals surface area contributed by atoms with E-state index >= 15 is 0 Å². The topological polar surface area (TPSA) is 86.1 Å². The van der Waals surface area contributed by atoms with Crippen LogP contribution in [0.5, 0.6) is 0 Å². The number of fused-ring (bicyclic) bond motifs is 1. The van der Waals surface area contributed by atoms with E-state index in [9.17, 15) is 9.59 Å². The number of nitrogens with zero attached hydrogens (tertiary/aromatic N) is 3. The fourth-order valence-corrected chi connectivity index (χ4v) is 2.51. The molecule has 7 heteroatoms. The molecule has 1 atom stereocenters. The molecule has 0 bridgehead atoms. The van der Waals surface area contributed by atoms with Crippen molar-refractivity contribution in [1.29, 1.82) is 0 Å². The van der Waals surface area contributed by atoms with Gasteiger partial charge in [0, 0.05) is 17.8 Å². The summed E-state index contributed by atoms with van der Waals surface area (Å²) in [6, 6.07) is 1.90.